The van der Waals surface area contributed by atoms with Crippen molar-refractivity contribution < 1.29 is 25.2 Å². The Labute approximate surface area is 76.9 Å². The molecule has 0 aliphatic carbocycles. The lowest BCUT2D eigenvalue weighted by molar-refractivity contribution is -0.104. The lowest BCUT2D eigenvalue weighted by Crippen LogP contribution is -2.37. The van der Waals surface area contributed by atoms with Gasteiger partial charge in [-0.25, -0.2) is 0 Å². The first-order valence-electron chi connectivity index (χ1n) is 3.66. The number of carbonyl (C=O) groups is 1. The van der Waals surface area contributed by atoms with Gasteiger partial charge in [0.1, 0.15) is 6.29 Å². The molecule has 0 unspecified atom stereocenters. The topological polar surface area (TPSA) is 98.0 Å². The second-order valence-corrected chi connectivity index (χ2v) is 2.50. The van der Waals surface area contributed by atoms with E-state index in [9.17, 15) is 0 Å². The molecule has 5 heteroatoms. The number of carbonyl (C=O) groups excluding carboxylic acids is 1. The van der Waals surface area contributed by atoms with E-state index >= 15 is 0 Å². The number of hydrogen-bond donors (Lipinski definition) is 4. The molecule has 13 heavy (non-hydrogen) atoms. The molecule has 0 aliphatic rings. The Balaban J connectivity index is 0. The summed E-state index contributed by atoms with van der Waals surface area (Å²) in [6.07, 6.45) is 1.83. The molecule has 0 radical (unpaired) electrons. The molecule has 0 amide bonds. The summed E-state index contributed by atoms with van der Waals surface area (Å²) in [5.74, 6) is 0. The molecule has 0 aromatic carbocycles. The SMILES string of the molecule is C=CC=O.OCC(CO)(CO)CO. The van der Waals surface area contributed by atoms with Crippen molar-refractivity contribution in [3.63, 3.8) is 0 Å². The van der Waals surface area contributed by atoms with Crippen molar-refractivity contribution >= 4 is 6.29 Å². The second-order valence-electron chi connectivity index (χ2n) is 2.50. The molecule has 0 aromatic heterocycles. The minimum absolute atomic E-state index is 0.406. The van der Waals surface area contributed by atoms with E-state index in [1.165, 1.54) is 6.08 Å². The van der Waals surface area contributed by atoms with Crippen LogP contribution in [0.5, 0.6) is 0 Å². The Morgan fingerprint density at radius 3 is 1.23 bits per heavy atom. The van der Waals surface area contributed by atoms with Gasteiger partial charge in [0.2, 0.25) is 0 Å². The molecule has 0 rings (SSSR count). The molecule has 78 valence electrons. The third-order valence-corrected chi connectivity index (χ3v) is 1.44. The van der Waals surface area contributed by atoms with Gasteiger partial charge in [-0.3, -0.25) is 4.79 Å². The van der Waals surface area contributed by atoms with Crippen molar-refractivity contribution in [2.45, 2.75) is 0 Å². The molecule has 5 nitrogen and oxygen atoms in total. The summed E-state index contributed by atoms with van der Waals surface area (Å²) in [4.78, 5) is 9.06. The third-order valence-electron chi connectivity index (χ3n) is 1.44. The Bertz CT molecular complexity index is 107. The van der Waals surface area contributed by atoms with E-state index in [2.05, 4.69) is 6.58 Å². The number of aldehydes is 1. The molecule has 0 bridgehead atoms. The standard InChI is InChI=1S/C5H12O4.C3H4O/c6-1-5(2-7,3-8)4-9;1-2-3-4/h6-9H,1-4H2;2-3H,1H2. The van der Waals surface area contributed by atoms with Gasteiger partial charge in [-0.2, -0.15) is 0 Å². The van der Waals surface area contributed by atoms with Crippen LogP contribution in [0.15, 0.2) is 12.7 Å². The summed E-state index contributed by atoms with van der Waals surface area (Å²) in [5.41, 5.74) is -1.11. The van der Waals surface area contributed by atoms with Crippen LogP contribution >= 0.6 is 0 Å². The van der Waals surface area contributed by atoms with Crippen molar-refractivity contribution in [1.82, 2.24) is 0 Å². The summed E-state index contributed by atoms with van der Waals surface area (Å²) >= 11 is 0. The molecule has 4 N–H and O–H groups in total. The van der Waals surface area contributed by atoms with Crippen LogP contribution < -0.4 is 0 Å². The fourth-order valence-electron chi connectivity index (χ4n) is 0.300. The fraction of sp³-hybridized carbons (Fsp3) is 0.625. The highest BCUT2D eigenvalue weighted by Gasteiger charge is 2.26. The van der Waals surface area contributed by atoms with Crippen LogP contribution in [0.2, 0.25) is 0 Å². The number of allylic oxidation sites excluding steroid dienone is 1. The molecule has 0 saturated heterocycles. The normalized spacial score (nSPS) is 9.85. The van der Waals surface area contributed by atoms with E-state index in [1.807, 2.05) is 0 Å². The van der Waals surface area contributed by atoms with E-state index in [-0.39, 0.29) is 0 Å². The smallest absolute Gasteiger partial charge is 0.142 e. The summed E-state index contributed by atoms with van der Waals surface area (Å²) in [6.45, 7) is 1.49. The minimum Gasteiger partial charge on any atom is -0.396 e. The Kier molecular flexibility index (Phi) is 10.6. The Morgan fingerprint density at radius 2 is 1.23 bits per heavy atom. The van der Waals surface area contributed by atoms with Gasteiger partial charge < -0.3 is 20.4 Å². The third kappa shape index (κ3) is 6.41. The van der Waals surface area contributed by atoms with Gasteiger partial charge in [0.05, 0.1) is 31.8 Å². The van der Waals surface area contributed by atoms with Gasteiger partial charge in [0, 0.05) is 0 Å². The fourth-order valence-corrected chi connectivity index (χ4v) is 0.300. The Hall–Kier alpha value is -0.750. The summed E-state index contributed by atoms with van der Waals surface area (Å²) in [6, 6.07) is 0. The van der Waals surface area contributed by atoms with Crippen molar-refractivity contribution in [3.8, 4) is 0 Å². The van der Waals surface area contributed by atoms with Crippen molar-refractivity contribution in [2.24, 2.45) is 5.41 Å². The van der Waals surface area contributed by atoms with Crippen LogP contribution in [0.25, 0.3) is 0 Å². The van der Waals surface area contributed by atoms with Gasteiger partial charge in [-0.1, -0.05) is 6.58 Å². The quantitative estimate of drug-likeness (QED) is 0.308. The predicted octanol–water partition coefficient (Wildman–Crippen LogP) is -1.69. The van der Waals surface area contributed by atoms with Gasteiger partial charge in [0.15, 0.2) is 0 Å². The van der Waals surface area contributed by atoms with Crippen molar-refractivity contribution in [3.05, 3.63) is 12.7 Å². The zero-order chi connectivity index (χ0) is 10.7. The molecule has 0 saturated carbocycles. The minimum atomic E-state index is -1.11. The van der Waals surface area contributed by atoms with Crippen LogP contribution in [0.3, 0.4) is 0 Å². The first-order valence-corrected chi connectivity index (χ1v) is 3.66. The second kappa shape index (κ2) is 9.34. The predicted molar refractivity (Wildman–Crippen MR) is 47.0 cm³/mol. The first-order chi connectivity index (χ1) is 6.16. The zero-order valence-electron chi connectivity index (χ0n) is 7.39. The van der Waals surface area contributed by atoms with Crippen LogP contribution in [0, 0.1) is 5.41 Å². The average Bonchev–Trinajstić information content (AvgIpc) is 2.23. The lowest BCUT2D eigenvalue weighted by Gasteiger charge is -2.23. The number of hydrogen-bond acceptors (Lipinski definition) is 5. The largest absolute Gasteiger partial charge is 0.396 e. The molecular weight excluding hydrogens is 176 g/mol. The van der Waals surface area contributed by atoms with E-state index < -0.39 is 31.8 Å². The highest BCUT2D eigenvalue weighted by atomic mass is 16.3. The molecule has 0 aromatic rings. The summed E-state index contributed by atoms with van der Waals surface area (Å²) in [7, 11) is 0. The monoisotopic (exact) mass is 192 g/mol. The zero-order valence-corrected chi connectivity index (χ0v) is 7.39. The highest BCUT2D eigenvalue weighted by Crippen LogP contribution is 2.11. The van der Waals surface area contributed by atoms with Crippen molar-refractivity contribution in [2.75, 3.05) is 26.4 Å². The van der Waals surface area contributed by atoms with Gasteiger partial charge in [-0.15, -0.1) is 0 Å². The van der Waals surface area contributed by atoms with E-state index in [0.29, 0.717) is 6.29 Å². The van der Waals surface area contributed by atoms with Crippen LogP contribution in [0.4, 0.5) is 0 Å². The molecule has 0 fully saturated rings. The van der Waals surface area contributed by atoms with E-state index in [1.54, 1.807) is 0 Å². The van der Waals surface area contributed by atoms with Gasteiger partial charge in [-0.05, 0) is 6.08 Å². The van der Waals surface area contributed by atoms with Crippen LogP contribution in [-0.2, 0) is 4.79 Å². The highest BCUT2D eigenvalue weighted by molar-refractivity contribution is 5.63. The van der Waals surface area contributed by atoms with Gasteiger partial charge >= 0.3 is 0 Å². The maximum atomic E-state index is 9.06. The summed E-state index contributed by atoms with van der Waals surface area (Å²) in [5, 5.41) is 34.0. The average molecular weight is 192 g/mol. The van der Waals surface area contributed by atoms with E-state index in [0.717, 1.165) is 0 Å². The molecule has 0 heterocycles. The maximum Gasteiger partial charge on any atom is 0.142 e. The molecular formula is C8H16O5. The van der Waals surface area contributed by atoms with E-state index in [4.69, 9.17) is 25.2 Å². The van der Waals surface area contributed by atoms with Crippen LogP contribution in [0.1, 0.15) is 0 Å². The Morgan fingerprint density at radius 1 is 1.00 bits per heavy atom. The number of rotatable bonds is 5. The number of aliphatic hydroxyl groups excluding tert-OH is 4. The summed E-state index contributed by atoms with van der Waals surface area (Å²) < 4.78 is 0. The van der Waals surface area contributed by atoms with Gasteiger partial charge in [0.25, 0.3) is 0 Å². The first kappa shape index (κ1) is 14.8. The molecule has 0 aliphatic heterocycles. The van der Waals surface area contributed by atoms with Crippen LogP contribution in [-0.4, -0.2) is 53.1 Å². The number of aliphatic hydroxyl groups is 4. The van der Waals surface area contributed by atoms with Crippen molar-refractivity contribution in [1.29, 1.82) is 0 Å². The lowest BCUT2D eigenvalue weighted by atomic mass is 9.93. The molecule has 0 atom stereocenters. The maximum absolute atomic E-state index is 9.06. The molecule has 0 spiro atoms.